The van der Waals surface area contributed by atoms with Crippen LogP contribution in [0.4, 0.5) is 0 Å². The summed E-state index contributed by atoms with van der Waals surface area (Å²) in [5.41, 5.74) is 0.359. The summed E-state index contributed by atoms with van der Waals surface area (Å²) in [4.78, 5) is 0. The molecule has 0 radical (unpaired) electrons. The second-order valence-corrected chi connectivity index (χ2v) is 4.73. The summed E-state index contributed by atoms with van der Waals surface area (Å²) in [5, 5.41) is 10.8. The van der Waals surface area contributed by atoms with Gasteiger partial charge < -0.3 is 9.84 Å². The Bertz CT molecular complexity index is 405. The van der Waals surface area contributed by atoms with Crippen molar-refractivity contribution in [3.63, 3.8) is 0 Å². The van der Waals surface area contributed by atoms with E-state index in [9.17, 15) is 5.11 Å². The zero-order valence-corrected chi connectivity index (χ0v) is 9.39. The molecule has 0 saturated heterocycles. The molecule has 1 saturated carbocycles. The molecule has 0 amide bonds. The summed E-state index contributed by atoms with van der Waals surface area (Å²) >= 11 is 0. The van der Waals surface area contributed by atoms with Crippen LogP contribution in [0.1, 0.15) is 18.4 Å². The molecule has 0 aliphatic heterocycles. The predicted molar refractivity (Wildman–Crippen MR) is 62.2 cm³/mol. The van der Waals surface area contributed by atoms with Crippen LogP contribution in [0.15, 0.2) is 36.4 Å². The van der Waals surface area contributed by atoms with E-state index in [1.165, 1.54) is 0 Å². The first-order chi connectivity index (χ1) is 7.75. The summed E-state index contributed by atoms with van der Waals surface area (Å²) < 4.78 is 5.14. The summed E-state index contributed by atoms with van der Waals surface area (Å²) in [6.07, 6.45) is 6.53. The summed E-state index contributed by atoms with van der Waals surface area (Å²) in [5.74, 6) is 1.43. The lowest BCUT2D eigenvalue weighted by molar-refractivity contribution is -0.00183. The van der Waals surface area contributed by atoms with Crippen molar-refractivity contribution in [2.45, 2.75) is 18.4 Å². The molecule has 2 nitrogen and oxygen atoms in total. The monoisotopic (exact) mass is 216 g/mol. The molecule has 0 aromatic heterocycles. The Morgan fingerprint density at radius 2 is 1.69 bits per heavy atom. The van der Waals surface area contributed by atoms with Crippen molar-refractivity contribution in [3.8, 4) is 5.75 Å². The van der Waals surface area contributed by atoms with E-state index in [0.717, 1.165) is 24.2 Å². The van der Waals surface area contributed by atoms with Gasteiger partial charge in [-0.1, -0.05) is 24.3 Å². The minimum absolute atomic E-state index is 0.297. The third-order valence-corrected chi connectivity index (χ3v) is 4.05. The highest BCUT2D eigenvalue weighted by Crippen LogP contribution is 2.53. The van der Waals surface area contributed by atoms with Crippen LogP contribution < -0.4 is 4.74 Å². The Labute approximate surface area is 95.6 Å². The molecule has 0 heterocycles. The molecule has 3 rings (SSSR count). The molecular formula is C14H16O2. The highest BCUT2D eigenvalue weighted by atomic mass is 16.5. The Morgan fingerprint density at radius 3 is 2.12 bits per heavy atom. The maximum absolute atomic E-state index is 10.8. The molecule has 2 aliphatic carbocycles. The van der Waals surface area contributed by atoms with E-state index in [-0.39, 0.29) is 0 Å². The molecule has 84 valence electrons. The Balaban J connectivity index is 1.98. The van der Waals surface area contributed by atoms with Crippen molar-refractivity contribution in [3.05, 3.63) is 42.0 Å². The van der Waals surface area contributed by atoms with Crippen molar-refractivity contribution >= 4 is 0 Å². The second kappa shape index (κ2) is 3.36. The third kappa shape index (κ3) is 1.17. The van der Waals surface area contributed by atoms with E-state index in [1.807, 2.05) is 24.3 Å². The quantitative estimate of drug-likeness (QED) is 0.769. The van der Waals surface area contributed by atoms with E-state index in [0.29, 0.717) is 11.8 Å². The number of benzene rings is 1. The number of aliphatic hydroxyl groups is 1. The molecule has 1 aromatic rings. The first-order valence-corrected chi connectivity index (χ1v) is 5.80. The first kappa shape index (κ1) is 9.91. The molecule has 16 heavy (non-hydrogen) atoms. The van der Waals surface area contributed by atoms with Gasteiger partial charge in [0.05, 0.1) is 7.11 Å². The Hall–Kier alpha value is -1.28. The van der Waals surface area contributed by atoms with Gasteiger partial charge in [0.1, 0.15) is 11.4 Å². The SMILES string of the molecule is COc1ccc(C2(O)C3C=CC2CC3)cc1. The van der Waals surface area contributed by atoms with E-state index in [1.54, 1.807) is 7.11 Å². The fourth-order valence-corrected chi connectivity index (χ4v) is 3.11. The van der Waals surface area contributed by atoms with Crippen molar-refractivity contribution < 1.29 is 9.84 Å². The average Bonchev–Trinajstić information content (AvgIpc) is 2.84. The molecule has 1 N–H and O–H groups in total. The number of methoxy groups -OCH3 is 1. The molecule has 2 atom stereocenters. The standard InChI is InChI=1S/C14H16O2/c1-16-13-8-6-12(7-9-13)14(15)10-2-3-11(14)5-4-10/h2-3,6-11,15H,4-5H2,1H3. The van der Waals surface area contributed by atoms with E-state index >= 15 is 0 Å². The highest BCUT2D eigenvalue weighted by Gasteiger charge is 2.51. The zero-order chi connectivity index (χ0) is 11.2. The smallest absolute Gasteiger partial charge is 0.118 e. The lowest BCUT2D eigenvalue weighted by atomic mass is 9.83. The van der Waals surface area contributed by atoms with Crippen LogP contribution >= 0.6 is 0 Å². The number of ether oxygens (including phenoxy) is 1. The topological polar surface area (TPSA) is 29.5 Å². The number of hydrogen-bond acceptors (Lipinski definition) is 2. The fraction of sp³-hybridized carbons (Fsp3) is 0.429. The number of fused-ring (bicyclic) bond motifs is 2. The van der Waals surface area contributed by atoms with Gasteiger partial charge in [0.2, 0.25) is 0 Å². The minimum atomic E-state index is -0.660. The molecule has 1 fully saturated rings. The van der Waals surface area contributed by atoms with Crippen LogP contribution in [-0.2, 0) is 5.60 Å². The molecule has 0 spiro atoms. The normalized spacial score (nSPS) is 35.6. The summed E-state index contributed by atoms with van der Waals surface area (Å²) in [6, 6.07) is 7.81. The van der Waals surface area contributed by atoms with Gasteiger partial charge in [0.25, 0.3) is 0 Å². The zero-order valence-electron chi connectivity index (χ0n) is 9.39. The maximum Gasteiger partial charge on any atom is 0.118 e. The van der Waals surface area contributed by atoms with Gasteiger partial charge in [-0.15, -0.1) is 0 Å². The van der Waals surface area contributed by atoms with Gasteiger partial charge in [0.15, 0.2) is 0 Å². The van der Waals surface area contributed by atoms with Crippen molar-refractivity contribution in [2.75, 3.05) is 7.11 Å². The maximum atomic E-state index is 10.8. The minimum Gasteiger partial charge on any atom is -0.497 e. The van der Waals surface area contributed by atoms with Gasteiger partial charge in [-0.25, -0.2) is 0 Å². The van der Waals surface area contributed by atoms with Crippen molar-refractivity contribution in [2.24, 2.45) is 11.8 Å². The van der Waals surface area contributed by atoms with Crippen LogP contribution in [0.25, 0.3) is 0 Å². The summed E-state index contributed by atoms with van der Waals surface area (Å²) in [6.45, 7) is 0. The van der Waals surface area contributed by atoms with Crippen LogP contribution in [0, 0.1) is 11.8 Å². The van der Waals surface area contributed by atoms with Gasteiger partial charge in [-0.3, -0.25) is 0 Å². The van der Waals surface area contributed by atoms with Crippen LogP contribution in [0.3, 0.4) is 0 Å². The van der Waals surface area contributed by atoms with E-state index < -0.39 is 5.60 Å². The fourth-order valence-electron chi connectivity index (χ4n) is 3.11. The van der Waals surface area contributed by atoms with Gasteiger partial charge in [-0.05, 0) is 30.5 Å². The average molecular weight is 216 g/mol. The lowest BCUT2D eigenvalue weighted by Crippen LogP contribution is -2.31. The number of hydrogen-bond donors (Lipinski definition) is 1. The molecule has 2 bridgehead atoms. The highest BCUT2D eigenvalue weighted by molar-refractivity contribution is 5.37. The van der Waals surface area contributed by atoms with Crippen LogP contribution in [0.2, 0.25) is 0 Å². The largest absolute Gasteiger partial charge is 0.497 e. The first-order valence-electron chi connectivity index (χ1n) is 5.80. The lowest BCUT2D eigenvalue weighted by Gasteiger charge is -2.29. The molecular weight excluding hydrogens is 200 g/mol. The van der Waals surface area contributed by atoms with Crippen LogP contribution in [-0.4, -0.2) is 12.2 Å². The van der Waals surface area contributed by atoms with Gasteiger partial charge >= 0.3 is 0 Å². The Kier molecular flexibility index (Phi) is 2.08. The third-order valence-electron chi connectivity index (χ3n) is 4.05. The molecule has 2 aliphatic rings. The van der Waals surface area contributed by atoms with Gasteiger partial charge in [-0.2, -0.15) is 0 Å². The van der Waals surface area contributed by atoms with Crippen molar-refractivity contribution in [1.29, 1.82) is 0 Å². The molecule has 2 heteroatoms. The van der Waals surface area contributed by atoms with E-state index in [2.05, 4.69) is 12.2 Å². The molecule has 2 unspecified atom stereocenters. The van der Waals surface area contributed by atoms with Crippen LogP contribution in [0.5, 0.6) is 5.75 Å². The molecule has 1 aromatic carbocycles. The van der Waals surface area contributed by atoms with E-state index in [4.69, 9.17) is 4.74 Å². The predicted octanol–water partition coefficient (Wildman–Crippen LogP) is 2.48. The number of rotatable bonds is 2. The van der Waals surface area contributed by atoms with Crippen molar-refractivity contribution in [1.82, 2.24) is 0 Å². The Morgan fingerprint density at radius 1 is 1.12 bits per heavy atom. The second-order valence-electron chi connectivity index (χ2n) is 4.73. The van der Waals surface area contributed by atoms with Gasteiger partial charge in [0, 0.05) is 11.8 Å². The summed E-state index contributed by atoms with van der Waals surface area (Å²) in [7, 11) is 1.66.